The molecule has 0 bridgehead atoms. The first-order valence-electron chi connectivity index (χ1n) is 5.73. The molecule has 1 heterocycles. The second-order valence-corrected chi connectivity index (χ2v) is 4.40. The molecule has 1 atom stereocenters. The molecule has 0 aliphatic carbocycles. The maximum absolute atomic E-state index is 12.8. The Hall–Kier alpha value is -0.890. The van der Waals surface area contributed by atoms with E-state index in [0.717, 1.165) is 6.54 Å². The van der Waals surface area contributed by atoms with E-state index in [0.29, 0.717) is 6.04 Å². The summed E-state index contributed by atoms with van der Waals surface area (Å²) >= 11 is 0. The SMILES string of the molecule is CN1CCCCCC1c1ccc(F)cc1. The van der Waals surface area contributed by atoms with Crippen LogP contribution in [-0.2, 0) is 0 Å². The summed E-state index contributed by atoms with van der Waals surface area (Å²) in [4.78, 5) is 2.39. The summed E-state index contributed by atoms with van der Waals surface area (Å²) in [6.07, 6.45) is 5.09. The molecule has 1 saturated heterocycles. The van der Waals surface area contributed by atoms with E-state index >= 15 is 0 Å². The van der Waals surface area contributed by atoms with E-state index in [1.165, 1.54) is 31.2 Å². The molecular weight excluding hydrogens is 189 g/mol. The highest BCUT2D eigenvalue weighted by Gasteiger charge is 2.18. The van der Waals surface area contributed by atoms with Crippen LogP contribution in [0.5, 0.6) is 0 Å². The topological polar surface area (TPSA) is 3.24 Å². The number of hydrogen-bond acceptors (Lipinski definition) is 1. The second-order valence-electron chi connectivity index (χ2n) is 4.40. The summed E-state index contributed by atoms with van der Waals surface area (Å²) in [5.41, 5.74) is 1.25. The van der Waals surface area contributed by atoms with Crippen LogP contribution < -0.4 is 0 Å². The Kier molecular flexibility index (Phi) is 3.37. The summed E-state index contributed by atoms with van der Waals surface area (Å²) in [5.74, 6) is -0.143. The third-order valence-electron chi connectivity index (χ3n) is 3.28. The molecule has 0 N–H and O–H groups in total. The van der Waals surface area contributed by atoms with Crippen molar-refractivity contribution in [2.75, 3.05) is 13.6 Å². The normalized spacial score (nSPS) is 23.7. The molecule has 1 nitrogen and oxygen atoms in total. The molecule has 0 saturated carbocycles. The van der Waals surface area contributed by atoms with Gasteiger partial charge in [0.2, 0.25) is 0 Å². The number of hydrogen-bond donors (Lipinski definition) is 0. The Balaban J connectivity index is 2.16. The maximum atomic E-state index is 12.8. The third-order valence-corrected chi connectivity index (χ3v) is 3.28. The summed E-state index contributed by atoms with van der Waals surface area (Å²) in [6.45, 7) is 1.15. The van der Waals surface area contributed by atoms with E-state index in [4.69, 9.17) is 0 Å². The van der Waals surface area contributed by atoms with Crippen molar-refractivity contribution >= 4 is 0 Å². The molecule has 1 aliphatic rings. The molecule has 1 aromatic carbocycles. The Morgan fingerprint density at radius 1 is 1.13 bits per heavy atom. The standard InChI is InChI=1S/C13H18FN/c1-15-10-4-2-3-5-13(15)11-6-8-12(14)9-7-11/h6-9,13H,2-5,10H2,1H3. The van der Waals surface area contributed by atoms with Gasteiger partial charge in [-0.05, 0) is 44.1 Å². The first kappa shape index (κ1) is 10.6. The van der Waals surface area contributed by atoms with Gasteiger partial charge >= 0.3 is 0 Å². The number of likely N-dealkylation sites (tertiary alicyclic amines) is 1. The fourth-order valence-corrected chi connectivity index (χ4v) is 2.36. The van der Waals surface area contributed by atoms with Gasteiger partial charge in [0, 0.05) is 6.04 Å². The minimum atomic E-state index is -0.143. The zero-order chi connectivity index (χ0) is 10.7. The number of halogens is 1. The lowest BCUT2D eigenvalue weighted by Crippen LogP contribution is -2.23. The number of rotatable bonds is 1. The highest BCUT2D eigenvalue weighted by molar-refractivity contribution is 5.20. The average Bonchev–Trinajstić information content (AvgIpc) is 2.44. The Morgan fingerprint density at radius 3 is 2.60 bits per heavy atom. The van der Waals surface area contributed by atoms with Gasteiger partial charge in [-0.15, -0.1) is 0 Å². The quantitative estimate of drug-likeness (QED) is 0.682. The van der Waals surface area contributed by atoms with Gasteiger partial charge < -0.3 is 0 Å². The molecule has 15 heavy (non-hydrogen) atoms. The summed E-state index contributed by atoms with van der Waals surface area (Å²) in [6, 6.07) is 7.44. The molecule has 0 radical (unpaired) electrons. The molecular formula is C13H18FN. The highest BCUT2D eigenvalue weighted by Crippen LogP contribution is 2.28. The minimum absolute atomic E-state index is 0.143. The van der Waals surface area contributed by atoms with Crippen LogP contribution in [0.2, 0.25) is 0 Å². The monoisotopic (exact) mass is 207 g/mol. The smallest absolute Gasteiger partial charge is 0.123 e. The number of nitrogens with zero attached hydrogens (tertiary/aromatic N) is 1. The van der Waals surface area contributed by atoms with Crippen LogP contribution in [0.15, 0.2) is 24.3 Å². The lowest BCUT2D eigenvalue weighted by atomic mass is 10.0. The predicted octanol–water partition coefficient (Wildman–Crippen LogP) is 3.37. The van der Waals surface area contributed by atoms with Gasteiger partial charge in [-0.3, -0.25) is 4.90 Å². The molecule has 1 aromatic rings. The van der Waals surface area contributed by atoms with Crippen molar-refractivity contribution in [2.24, 2.45) is 0 Å². The van der Waals surface area contributed by atoms with Crippen LogP contribution in [0.25, 0.3) is 0 Å². The van der Waals surface area contributed by atoms with Crippen molar-refractivity contribution < 1.29 is 4.39 Å². The number of benzene rings is 1. The zero-order valence-electron chi connectivity index (χ0n) is 9.25. The maximum Gasteiger partial charge on any atom is 0.123 e. The Bertz CT molecular complexity index is 307. The molecule has 1 aliphatic heterocycles. The van der Waals surface area contributed by atoms with Gasteiger partial charge in [0.15, 0.2) is 0 Å². The average molecular weight is 207 g/mol. The van der Waals surface area contributed by atoms with Gasteiger partial charge in [-0.1, -0.05) is 25.0 Å². The van der Waals surface area contributed by atoms with Gasteiger partial charge in [0.25, 0.3) is 0 Å². The van der Waals surface area contributed by atoms with Crippen molar-refractivity contribution in [3.63, 3.8) is 0 Å². The van der Waals surface area contributed by atoms with E-state index in [2.05, 4.69) is 11.9 Å². The summed E-state index contributed by atoms with van der Waals surface area (Å²) < 4.78 is 12.8. The zero-order valence-corrected chi connectivity index (χ0v) is 9.25. The first-order valence-corrected chi connectivity index (χ1v) is 5.73. The largest absolute Gasteiger partial charge is 0.299 e. The molecule has 2 rings (SSSR count). The molecule has 0 amide bonds. The van der Waals surface area contributed by atoms with Crippen LogP contribution in [0.4, 0.5) is 4.39 Å². The molecule has 0 aromatic heterocycles. The molecule has 82 valence electrons. The van der Waals surface area contributed by atoms with E-state index in [1.807, 2.05) is 12.1 Å². The molecule has 1 unspecified atom stereocenters. The van der Waals surface area contributed by atoms with Crippen LogP contribution in [0.1, 0.15) is 37.3 Å². The van der Waals surface area contributed by atoms with Crippen molar-refractivity contribution in [1.82, 2.24) is 4.90 Å². The van der Waals surface area contributed by atoms with E-state index in [1.54, 1.807) is 12.1 Å². The van der Waals surface area contributed by atoms with Crippen molar-refractivity contribution in [2.45, 2.75) is 31.7 Å². The van der Waals surface area contributed by atoms with E-state index < -0.39 is 0 Å². The molecule has 2 heteroatoms. The Morgan fingerprint density at radius 2 is 1.87 bits per heavy atom. The Labute approximate surface area is 90.9 Å². The van der Waals surface area contributed by atoms with Crippen molar-refractivity contribution in [1.29, 1.82) is 0 Å². The second kappa shape index (κ2) is 4.75. The van der Waals surface area contributed by atoms with Crippen LogP contribution in [0, 0.1) is 5.82 Å². The summed E-state index contributed by atoms with van der Waals surface area (Å²) in [5, 5.41) is 0. The van der Waals surface area contributed by atoms with Gasteiger partial charge in [0.1, 0.15) is 5.82 Å². The van der Waals surface area contributed by atoms with Crippen molar-refractivity contribution in [3.8, 4) is 0 Å². The minimum Gasteiger partial charge on any atom is -0.299 e. The molecule has 0 spiro atoms. The fourth-order valence-electron chi connectivity index (χ4n) is 2.36. The first-order chi connectivity index (χ1) is 7.27. The van der Waals surface area contributed by atoms with Crippen LogP contribution in [0.3, 0.4) is 0 Å². The third kappa shape index (κ3) is 2.57. The fraction of sp³-hybridized carbons (Fsp3) is 0.538. The summed E-state index contributed by atoms with van der Waals surface area (Å²) in [7, 11) is 2.17. The van der Waals surface area contributed by atoms with E-state index in [-0.39, 0.29) is 5.82 Å². The molecule has 1 fully saturated rings. The van der Waals surface area contributed by atoms with Gasteiger partial charge in [0.05, 0.1) is 0 Å². The van der Waals surface area contributed by atoms with Crippen LogP contribution in [-0.4, -0.2) is 18.5 Å². The lowest BCUT2D eigenvalue weighted by molar-refractivity contribution is 0.250. The lowest BCUT2D eigenvalue weighted by Gasteiger charge is -2.26. The predicted molar refractivity (Wildman–Crippen MR) is 60.2 cm³/mol. The van der Waals surface area contributed by atoms with Gasteiger partial charge in [-0.25, -0.2) is 4.39 Å². The van der Waals surface area contributed by atoms with E-state index in [9.17, 15) is 4.39 Å². The van der Waals surface area contributed by atoms with Gasteiger partial charge in [-0.2, -0.15) is 0 Å². The van der Waals surface area contributed by atoms with Crippen LogP contribution >= 0.6 is 0 Å². The van der Waals surface area contributed by atoms with Crippen molar-refractivity contribution in [3.05, 3.63) is 35.6 Å². The highest BCUT2D eigenvalue weighted by atomic mass is 19.1.